The zero-order chi connectivity index (χ0) is 17.2. The zero-order valence-electron chi connectivity index (χ0n) is 12.8. The standard InChI is InChI=1S/C16H18N2O4S/c1-10-4-3-5-12(8-10)23(21,22)18-14-7-6-11(2)13(16(14)20)9-15(17)19/h3-8,18,20H,9H2,1-2H3,(H2,17,19). The summed E-state index contributed by atoms with van der Waals surface area (Å²) in [4.78, 5) is 11.2. The smallest absolute Gasteiger partial charge is 0.262 e. The van der Waals surface area contributed by atoms with Crippen molar-refractivity contribution in [2.24, 2.45) is 5.73 Å². The van der Waals surface area contributed by atoms with Gasteiger partial charge < -0.3 is 10.8 Å². The van der Waals surface area contributed by atoms with Crippen molar-refractivity contribution in [1.82, 2.24) is 0 Å². The van der Waals surface area contributed by atoms with Gasteiger partial charge >= 0.3 is 0 Å². The Morgan fingerprint density at radius 2 is 1.91 bits per heavy atom. The molecular formula is C16H18N2O4S. The first kappa shape index (κ1) is 16.8. The third-order valence-corrected chi connectivity index (χ3v) is 4.78. The van der Waals surface area contributed by atoms with E-state index in [4.69, 9.17) is 5.73 Å². The fraction of sp³-hybridized carbons (Fsp3) is 0.188. The van der Waals surface area contributed by atoms with Crippen LogP contribution in [-0.4, -0.2) is 19.4 Å². The van der Waals surface area contributed by atoms with Crippen molar-refractivity contribution in [2.75, 3.05) is 4.72 Å². The minimum atomic E-state index is -3.84. The van der Waals surface area contributed by atoms with Gasteiger partial charge in [0.2, 0.25) is 5.91 Å². The number of aromatic hydroxyl groups is 1. The van der Waals surface area contributed by atoms with Crippen molar-refractivity contribution in [3.05, 3.63) is 53.1 Å². The number of primary amides is 1. The van der Waals surface area contributed by atoms with E-state index in [1.807, 2.05) is 0 Å². The van der Waals surface area contributed by atoms with Crippen LogP contribution in [0.25, 0.3) is 0 Å². The van der Waals surface area contributed by atoms with E-state index < -0.39 is 15.9 Å². The van der Waals surface area contributed by atoms with Gasteiger partial charge in [0.15, 0.2) is 0 Å². The van der Waals surface area contributed by atoms with Crippen molar-refractivity contribution in [1.29, 1.82) is 0 Å². The number of sulfonamides is 1. The first-order valence-electron chi connectivity index (χ1n) is 6.90. The predicted octanol–water partition coefficient (Wildman–Crippen LogP) is 1.84. The van der Waals surface area contributed by atoms with Gasteiger partial charge in [-0.3, -0.25) is 9.52 Å². The Morgan fingerprint density at radius 1 is 1.22 bits per heavy atom. The fourth-order valence-electron chi connectivity index (χ4n) is 2.20. The third-order valence-electron chi connectivity index (χ3n) is 3.41. The van der Waals surface area contributed by atoms with E-state index in [1.165, 1.54) is 18.2 Å². The summed E-state index contributed by atoms with van der Waals surface area (Å²) in [6.45, 7) is 3.49. The molecule has 0 aliphatic carbocycles. The third kappa shape index (κ3) is 3.81. The number of nitrogens with one attached hydrogen (secondary N) is 1. The molecule has 4 N–H and O–H groups in total. The number of nitrogens with two attached hydrogens (primary N) is 1. The van der Waals surface area contributed by atoms with Crippen molar-refractivity contribution in [3.63, 3.8) is 0 Å². The van der Waals surface area contributed by atoms with Gasteiger partial charge in [0, 0.05) is 5.56 Å². The molecule has 1 amide bonds. The van der Waals surface area contributed by atoms with Crippen LogP contribution < -0.4 is 10.5 Å². The van der Waals surface area contributed by atoms with Crippen LogP contribution in [0.3, 0.4) is 0 Å². The molecule has 0 radical (unpaired) electrons. The summed E-state index contributed by atoms with van der Waals surface area (Å²) in [7, 11) is -3.84. The van der Waals surface area contributed by atoms with Crippen LogP contribution in [0.15, 0.2) is 41.3 Å². The highest BCUT2D eigenvalue weighted by molar-refractivity contribution is 7.92. The van der Waals surface area contributed by atoms with Crippen molar-refractivity contribution in [3.8, 4) is 5.75 Å². The van der Waals surface area contributed by atoms with E-state index in [1.54, 1.807) is 32.0 Å². The summed E-state index contributed by atoms with van der Waals surface area (Å²) < 4.78 is 27.2. The topological polar surface area (TPSA) is 109 Å². The molecule has 122 valence electrons. The molecule has 0 fully saturated rings. The Bertz CT molecular complexity index is 860. The van der Waals surface area contributed by atoms with Crippen LogP contribution in [0.2, 0.25) is 0 Å². The molecule has 6 nitrogen and oxygen atoms in total. The largest absolute Gasteiger partial charge is 0.505 e. The molecule has 2 aromatic rings. The molecule has 0 bridgehead atoms. The van der Waals surface area contributed by atoms with Gasteiger partial charge in [-0.05, 0) is 43.2 Å². The van der Waals surface area contributed by atoms with Gasteiger partial charge in [0.25, 0.3) is 10.0 Å². The van der Waals surface area contributed by atoms with Gasteiger partial charge in [0.05, 0.1) is 17.0 Å². The minimum Gasteiger partial charge on any atom is -0.505 e. The lowest BCUT2D eigenvalue weighted by Gasteiger charge is -2.14. The monoisotopic (exact) mass is 334 g/mol. The molecule has 0 aromatic heterocycles. The average Bonchev–Trinajstić information content (AvgIpc) is 2.46. The van der Waals surface area contributed by atoms with Crippen molar-refractivity contribution < 1.29 is 18.3 Å². The van der Waals surface area contributed by atoms with Crippen molar-refractivity contribution >= 4 is 21.6 Å². The quantitative estimate of drug-likeness (QED) is 0.725. The molecule has 0 spiro atoms. The summed E-state index contributed by atoms with van der Waals surface area (Å²) in [5.41, 5.74) is 6.93. The summed E-state index contributed by atoms with van der Waals surface area (Å²) >= 11 is 0. The van der Waals surface area contributed by atoms with E-state index in [0.29, 0.717) is 11.1 Å². The van der Waals surface area contributed by atoms with Gasteiger partial charge in [-0.2, -0.15) is 0 Å². The number of phenolic OH excluding ortho intramolecular Hbond substituents is 1. The molecule has 0 atom stereocenters. The maximum Gasteiger partial charge on any atom is 0.262 e. The number of benzene rings is 2. The second-order valence-corrected chi connectivity index (χ2v) is 7.00. The van der Waals surface area contributed by atoms with Gasteiger partial charge in [-0.1, -0.05) is 18.2 Å². The Kier molecular flexibility index (Phi) is 4.60. The van der Waals surface area contributed by atoms with Crippen LogP contribution in [0.5, 0.6) is 5.75 Å². The molecule has 0 heterocycles. The highest BCUT2D eigenvalue weighted by Gasteiger charge is 2.19. The minimum absolute atomic E-state index is 0.00774. The summed E-state index contributed by atoms with van der Waals surface area (Å²) in [5.74, 6) is -0.901. The lowest BCUT2D eigenvalue weighted by Crippen LogP contribution is -2.16. The average molecular weight is 334 g/mol. The second-order valence-electron chi connectivity index (χ2n) is 5.32. The molecule has 0 saturated carbocycles. The predicted molar refractivity (Wildman–Crippen MR) is 87.7 cm³/mol. The maximum absolute atomic E-state index is 12.4. The number of carbonyl (C=O) groups excluding carboxylic acids is 1. The molecule has 2 rings (SSSR count). The number of hydrogen-bond acceptors (Lipinski definition) is 4. The Labute approximate surface area is 135 Å². The number of carbonyl (C=O) groups is 1. The van der Waals surface area contributed by atoms with E-state index in [2.05, 4.69) is 4.72 Å². The molecule has 0 aliphatic heterocycles. The van der Waals surface area contributed by atoms with Crippen molar-refractivity contribution in [2.45, 2.75) is 25.2 Å². The molecule has 0 aliphatic rings. The fourth-order valence-corrected chi connectivity index (χ4v) is 3.37. The summed E-state index contributed by atoms with van der Waals surface area (Å²) in [6, 6.07) is 9.47. The highest BCUT2D eigenvalue weighted by atomic mass is 32.2. The van der Waals surface area contributed by atoms with E-state index in [0.717, 1.165) is 5.56 Å². The first-order chi connectivity index (χ1) is 10.7. The molecule has 0 unspecified atom stereocenters. The molecule has 2 aromatic carbocycles. The number of aryl methyl sites for hydroxylation is 2. The van der Waals surface area contributed by atoms with E-state index >= 15 is 0 Å². The first-order valence-corrected chi connectivity index (χ1v) is 8.38. The zero-order valence-corrected chi connectivity index (χ0v) is 13.6. The van der Waals surface area contributed by atoms with Gasteiger partial charge in [0.1, 0.15) is 5.75 Å². The van der Waals surface area contributed by atoms with Crippen LogP contribution in [0.1, 0.15) is 16.7 Å². The molecular weight excluding hydrogens is 316 g/mol. The SMILES string of the molecule is Cc1cccc(S(=O)(=O)Nc2ccc(C)c(CC(N)=O)c2O)c1. The Balaban J connectivity index is 2.42. The van der Waals surface area contributed by atoms with Crippen LogP contribution in [0, 0.1) is 13.8 Å². The normalized spacial score (nSPS) is 11.2. The van der Waals surface area contributed by atoms with Gasteiger partial charge in [-0.15, -0.1) is 0 Å². The molecule has 7 heteroatoms. The van der Waals surface area contributed by atoms with Crippen LogP contribution in [0.4, 0.5) is 5.69 Å². The number of rotatable bonds is 5. The number of amides is 1. The second kappa shape index (κ2) is 6.29. The van der Waals surface area contributed by atoms with E-state index in [-0.39, 0.29) is 22.8 Å². The highest BCUT2D eigenvalue weighted by Crippen LogP contribution is 2.32. The van der Waals surface area contributed by atoms with Crippen LogP contribution >= 0.6 is 0 Å². The number of phenols is 1. The molecule has 23 heavy (non-hydrogen) atoms. The lowest BCUT2D eigenvalue weighted by molar-refractivity contribution is -0.117. The number of hydrogen-bond donors (Lipinski definition) is 3. The van der Waals surface area contributed by atoms with Gasteiger partial charge in [-0.25, -0.2) is 8.42 Å². The maximum atomic E-state index is 12.4. The summed E-state index contributed by atoms with van der Waals surface area (Å²) in [5, 5.41) is 10.2. The molecule has 0 saturated heterocycles. The lowest BCUT2D eigenvalue weighted by atomic mass is 10.0. The van der Waals surface area contributed by atoms with Crippen LogP contribution in [-0.2, 0) is 21.2 Å². The Hall–Kier alpha value is -2.54. The Morgan fingerprint density at radius 3 is 2.52 bits per heavy atom. The number of anilines is 1. The van der Waals surface area contributed by atoms with E-state index in [9.17, 15) is 18.3 Å². The summed E-state index contributed by atoms with van der Waals surface area (Å²) in [6.07, 6.45) is -0.169.